The maximum atomic E-state index is 6.40. The molecule has 2 aromatic rings. The Bertz CT molecular complexity index is 713. The summed E-state index contributed by atoms with van der Waals surface area (Å²) in [5.74, 6) is 2.41. The van der Waals surface area contributed by atoms with E-state index in [9.17, 15) is 0 Å². The summed E-state index contributed by atoms with van der Waals surface area (Å²) in [7, 11) is 0. The largest absolute Gasteiger partial charge is 0.356 e. The van der Waals surface area contributed by atoms with Crippen molar-refractivity contribution in [3.63, 3.8) is 0 Å². The number of anilines is 3. The van der Waals surface area contributed by atoms with Crippen molar-refractivity contribution < 1.29 is 0 Å². The van der Waals surface area contributed by atoms with E-state index in [1.807, 2.05) is 26.8 Å². The zero-order valence-electron chi connectivity index (χ0n) is 14.9. The van der Waals surface area contributed by atoms with Crippen molar-refractivity contribution in [2.24, 2.45) is 5.92 Å². The van der Waals surface area contributed by atoms with Crippen LogP contribution in [0, 0.1) is 26.7 Å². The first kappa shape index (κ1) is 17.0. The molecule has 1 saturated heterocycles. The maximum Gasteiger partial charge on any atom is 0.229 e. The highest BCUT2D eigenvalue weighted by Crippen LogP contribution is 2.30. The van der Waals surface area contributed by atoms with Gasteiger partial charge in [-0.25, -0.2) is 4.98 Å². The summed E-state index contributed by atoms with van der Waals surface area (Å²) in [4.78, 5) is 11.6. The van der Waals surface area contributed by atoms with E-state index in [4.69, 9.17) is 16.6 Å². The van der Waals surface area contributed by atoms with Crippen molar-refractivity contribution in [1.82, 2.24) is 9.97 Å². The van der Waals surface area contributed by atoms with Crippen molar-refractivity contribution in [2.75, 3.05) is 23.3 Å². The van der Waals surface area contributed by atoms with Crippen LogP contribution in [0.4, 0.5) is 17.5 Å². The van der Waals surface area contributed by atoms with Gasteiger partial charge < -0.3 is 10.2 Å². The van der Waals surface area contributed by atoms with Crippen molar-refractivity contribution in [2.45, 2.75) is 40.5 Å². The van der Waals surface area contributed by atoms with Gasteiger partial charge in [-0.05, 0) is 56.7 Å². The molecule has 1 aliphatic heterocycles. The molecule has 0 saturated carbocycles. The summed E-state index contributed by atoms with van der Waals surface area (Å²) >= 11 is 6.40. The molecule has 5 heteroatoms. The van der Waals surface area contributed by atoms with Crippen LogP contribution in [0.15, 0.2) is 18.2 Å². The van der Waals surface area contributed by atoms with E-state index >= 15 is 0 Å². The first-order valence-electron chi connectivity index (χ1n) is 8.57. The molecule has 0 radical (unpaired) electrons. The molecule has 24 heavy (non-hydrogen) atoms. The lowest BCUT2D eigenvalue weighted by molar-refractivity contribution is 0.436. The van der Waals surface area contributed by atoms with Crippen LogP contribution in [0.1, 0.15) is 36.6 Å². The third-order valence-corrected chi connectivity index (χ3v) is 4.91. The molecule has 0 unspecified atom stereocenters. The number of nitrogens with zero attached hydrogens (tertiary/aromatic N) is 3. The Morgan fingerprint density at radius 2 is 1.79 bits per heavy atom. The predicted octanol–water partition coefficient (Wildman–Crippen LogP) is 5.04. The molecule has 4 nitrogen and oxygen atoms in total. The van der Waals surface area contributed by atoms with Crippen LogP contribution in [0.2, 0.25) is 5.02 Å². The van der Waals surface area contributed by atoms with Crippen LogP contribution in [0.3, 0.4) is 0 Å². The fraction of sp³-hybridized carbons (Fsp3) is 0.474. The SMILES string of the molecule is Cc1cc(C)c(Nc2nc(C)cc(N3CCC(C)CC3)n2)c(Cl)c1. The zero-order chi connectivity index (χ0) is 17.3. The van der Waals surface area contributed by atoms with Gasteiger partial charge >= 0.3 is 0 Å². The van der Waals surface area contributed by atoms with E-state index in [1.165, 1.54) is 12.8 Å². The first-order valence-corrected chi connectivity index (χ1v) is 8.94. The quantitative estimate of drug-likeness (QED) is 0.847. The lowest BCUT2D eigenvalue weighted by atomic mass is 9.99. The number of hydrogen-bond acceptors (Lipinski definition) is 4. The molecule has 0 aliphatic carbocycles. The molecule has 1 N–H and O–H groups in total. The molecule has 0 spiro atoms. The van der Waals surface area contributed by atoms with Gasteiger partial charge in [-0.1, -0.05) is 24.6 Å². The third-order valence-electron chi connectivity index (χ3n) is 4.62. The first-order chi connectivity index (χ1) is 11.4. The molecule has 3 rings (SSSR count). The van der Waals surface area contributed by atoms with Gasteiger partial charge in [0.15, 0.2) is 0 Å². The molecule has 0 atom stereocenters. The van der Waals surface area contributed by atoms with Gasteiger partial charge in [0.2, 0.25) is 5.95 Å². The standard InChI is InChI=1S/C19H25ClN4/c1-12-5-7-24(8-6-12)17-11-15(4)21-19(22-17)23-18-14(3)9-13(2)10-16(18)20/h9-12H,5-8H2,1-4H3,(H,21,22,23). The topological polar surface area (TPSA) is 41.1 Å². The van der Waals surface area contributed by atoms with Crippen LogP contribution in [-0.2, 0) is 0 Å². The summed E-state index contributed by atoms with van der Waals surface area (Å²) in [5, 5.41) is 4.02. The number of piperidine rings is 1. The van der Waals surface area contributed by atoms with Crippen molar-refractivity contribution >= 4 is 29.1 Å². The molecule has 1 aromatic carbocycles. The molecule has 1 aliphatic rings. The number of rotatable bonds is 3. The monoisotopic (exact) mass is 344 g/mol. The Balaban J connectivity index is 1.87. The molecule has 1 fully saturated rings. The number of nitrogens with one attached hydrogen (secondary N) is 1. The number of aryl methyl sites for hydroxylation is 3. The van der Waals surface area contributed by atoms with E-state index in [1.54, 1.807) is 0 Å². The van der Waals surface area contributed by atoms with E-state index in [2.05, 4.69) is 34.3 Å². The Kier molecular flexibility index (Phi) is 4.95. The van der Waals surface area contributed by atoms with Crippen molar-refractivity contribution in [1.29, 1.82) is 0 Å². The predicted molar refractivity (Wildman–Crippen MR) is 102 cm³/mol. The second-order valence-corrected chi connectivity index (χ2v) is 7.33. The van der Waals surface area contributed by atoms with Crippen LogP contribution in [0.25, 0.3) is 0 Å². The van der Waals surface area contributed by atoms with E-state index in [-0.39, 0.29) is 0 Å². The Hall–Kier alpha value is -1.81. The normalized spacial score (nSPS) is 15.6. The fourth-order valence-corrected chi connectivity index (χ4v) is 3.56. The second-order valence-electron chi connectivity index (χ2n) is 6.92. The summed E-state index contributed by atoms with van der Waals surface area (Å²) < 4.78 is 0. The van der Waals surface area contributed by atoms with Crippen LogP contribution < -0.4 is 10.2 Å². The molecular weight excluding hydrogens is 320 g/mol. The highest BCUT2D eigenvalue weighted by molar-refractivity contribution is 6.33. The molecule has 128 valence electrons. The van der Waals surface area contributed by atoms with Crippen molar-refractivity contribution in [3.8, 4) is 0 Å². The van der Waals surface area contributed by atoms with E-state index in [0.29, 0.717) is 11.0 Å². The van der Waals surface area contributed by atoms with Gasteiger partial charge in [-0.3, -0.25) is 0 Å². The number of benzene rings is 1. The lowest BCUT2D eigenvalue weighted by Gasteiger charge is -2.31. The number of hydrogen-bond donors (Lipinski definition) is 1. The molecule has 2 heterocycles. The molecular formula is C19H25ClN4. The van der Waals surface area contributed by atoms with Gasteiger partial charge in [-0.2, -0.15) is 4.98 Å². The number of halogens is 1. The van der Waals surface area contributed by atoms with Gasteiger partial charge in [0.1, 0.15) is 5.82 Å². The smallest absolute Gasteiger partial charge is 0.229 e. The summed E-state index contributed by atoms with van der Waals surface area (Å²) in [6.07, 6.45) is 2.43. The Morgan fingerprint density at radius 3 is 2.46 bits per heavy atom. The lowest BCUT2D eigenvalue weighted by Crippen LogP contribution is -2.33. The maximum absolute atomic E-state index is 6.40. The average molecular weight is 345 g/mol. The summed E-state index contributed by atoms with van der Waals surface area (Å²) in [5.41, 5.74) is 4.09. The van der Waals surface area contributed by atoms with Gasteiger partial charge in [0.25, 0.3) is 0 Å². The van der Waals surface area contributed by atoms with Crippen molar-refractivity contribution in [3.05, 3.63) is 40.0 Å². The third kappa shape index (κ3) is 3.81. The van der Waals surface area contributed by atoms with Gasteiger partial charge in [-0.15, -0.1) is 0 Å². The summed E-state index contributed by atoms with van der Waals surface area (Å²) in [6.45, 7) is 10.5. The minimum absolute atomic E-state index is 0.609. The van der Waals surface area contributed by atoms with Crippen LogP contribution >= 0.6 is 11.6 Å². The summed E-state index contributed by atoms with van der Waals surface area (Å²) in [6, 6.07) is 6.13. The van der Waals surface area contributed by atoms with Gasteiger partial charge in [0.05, 0.1) is 10.7 Å². The highest BCUT2D eigenvalue weighted by atomic mass is 35.5. The van der Waals surface area contributed by atoms with Crippen LogP contribution in [0.5, 0.6) is 0 Å². The Labute approximate surface area is 149 Å². The minimum Gasteiger partial charge on any atom is -0.356 e. The highest BCUT2D eigenvalue weighted by Gasteiger charge is 2.18. The molecule has 0 bridgehead atoms. The average Bonchev–Trinajstić information content (AvgIpc) is 2.51. The molecule has 0 amide bonds. The number of aromatic nitrogens is 2. The van der Waals surface area contributed by atoms with Crippen LogP contribution in [-0.4, -0.2) is 23.1 Å². The van der Waals surface area contributed by atoms with Gasteiger partial charge in [0, 0.05) is 24.8 Å². The zero-order valence-corrected chi connectivity index (χ0v) is 15.6. The Morgan fingerprint density at radius 1 is 1.08 bits per heavy atom. The van der Waals surface area contributed by atoms with E-state index < -0.39 is 0 Å². The fourth-order valence-electron chi connectivity index (χ4n) is 3.19. The minimum atomic E-state index is 0.609. The van der Waals surface area contributed by atoms with E-state index in [0.717, 1.165) is 47.3 Å². The second kappa shape index (κ2) is 6.98. The molecule has 1 aromatic heterocycles.